The molecule has 0 bridgehead atoms. The molecular formula is C13H20N4O3S. The average Bonchev–Trinajstić information content (AvgIpc) is 2.85. The number of carbonyl (C=O) groups is 2. The molecule has 0 aliphatic carbocycles. The fourth-order valence-electron chi connectivity index (χ4n) is 2.47. The SMILES string of the molecule is CCc1nnsc1C(=O)N1CC[C@H](NC(C)=O)[C@@H](O)CC1. The van der Waals surface area contributed by atoms with Crippen LogP contribution >= 0.6 is 11.5 Å². The van der Waals surface area contributed by atoms with Gasteiger partial charge in [0.05, 0.1) is 17.8 Å². The summed E-state index contributed by atoms with van der Waals surface area (Å²) in [6, 6.07) is -0.300. The number of nitrogens with zero attached hydrogens (tertiary/aromatic N) is 3. The fourth-order valence-corrected chi connectivity index (χ4v) is 3.19. The topological polar surface area (TPSA) is 95.4 Å². The van der Waals surface area contributed by atoms with Crippen molar-refractivity contribution in [2.75, 3.05) is 13.1 Å². The van der Waals surface area contributed by atoms with E-state index in [1.165, 1.54) is 6.92 Å². The number of aliphatic hydroxyl groups excluding tert-OH is 1. The van der Waals surface area contributed by atoms with Crippen molar-refractivity contribution in [1.29, 1.82) is 0 Å². The summed E-state index contributed by atoms with van der Waals surface area (Å²) in [5.74, 6) is -0.253. The van der Waals surface area contributed by atoms with E-state index in [2.05, 4.69) is 14.9 Å². The van der Waals surface area contributed by atoms with E-state index in [1.807, 2.05) is 6.92 Å². The van der Waals surface area contributed by atoms with Gasteiger partial charge in [0.15, 0.2) is 0 Å². The summed E-state index contributed by atoms with van der Waals surface area (Å²) in [5.41, 5.74) is 0.716. The van der Waals surface area contributed by atoms with E-state index >= 15 is 0 Å². The third kappa shape index (κ3) is 3.76. The summed E-state index contributed by atoms with van der Waals surface area (Å²) in [5, 5.41) is 16.8. The van der Waals surface area contributed by atoms with Crippen molar-refractivity contribution in [2.45, 2.75) is 45.3 Å². The molecule has 7 nitrogen and oxygen atoms in total. The van der Waals surface area contributed by atoms with Crippen molar-refractivity contribution in [1.82, 2.24) is 19.8 Å². The number of hydrogen-bond donors (Lipinski definition) is 2. The number of carbonyl (C=O) groups excluding carboxylic acids is 2. The largest absolute Gasteiger partial charge is 0.391 e. The fraction of sp³-hybridized carbons (Fsp3) is 0.692. The Morgan fingerprint density at radius 3 is 2.81 bits per heavy atom. The Morgan fingerprint density at radius 2 is 2.14 bits per heavy atom. The summed E-state index contributed by atoms with van der Waals surface area (Å²) in [4.78, 5) is 25.9. The maximum absolute atomic E-state index is 12.5. The van der Waals surface area contributed by atoms with Gasteiger partial charge in [-0.25, -0.2) is 0 Å². The summed E-state index contributed by atoms with van der Waals surface area (Å²) in [7, 11) is 0. The molecule has 2 atom stereocenters. The number of likely N-dealkylation sites (tertiary alicyclic amines) is 1. The zero-order chi connectivity index (χ0) is 15.4. The third-order valence-electron chi connectivity index (χ3n) is 3.63. The first-order valence-corrected chi connectivity index (χ1v) is 7.86. The van der Waals surface area contributed by atoms with Crippen LogP contribution < -0.4 is 5.32 Å². The van der Waals surface area contributed by atoms with Gasteiger partial charge in [0, 0.05) is 20.0 Å². The molecule has 0 spiro atoms. The quantitative estimate of drug-likeness (QED) is 0.831. The van der Waals surface area contributed by atoms with E-state index in [1.54, 1.807) is 4.90 Å². The van der Waals surface area contributed by atoms with Crippen LogP contribution in [-0.4, -0.2) is 56.6 Å². The second-order valence-corrected chi connectivity index (χ2v) is 5.90. The van der Waals surface area contributed by atoms with Crippen LogP contribution in [0.4, 0.5) is 0 Å². The molecule has 0 aromatic carbocycles. The van der Waals surface area contributed by atoms with Crippen LogP contribution in [0.3, 0.4) is 0 Å². The van der Waals surface area contributed by atoms with Gasteiger partial charge < -0.3 is 15.3 Å². The molecular weight excluding hydrogens is 292 g/mol. The van der Waals surface area contributed by atoms with Crippen LogP contribution in [0.2, 0.25) is 0 Å². The molecule has 2 heterocycles. The molecule has 116 valence electrons. The molecule has 8 heteroatoms. The second-order valence-electron chi connectivity index (χ2n) is 5.15. The molecule has 2 amide bonds. The first-order chi connectivity index (χ1) is 10.0. The van der Waals surface area contributed by atoms with Crippen LogP contribution in [0, 0.1) is 0 Å². The van der Waals surface area contributed by atoms with Gasteiger partial charge in [0.2, 0.25) is 5.91 Å². The van der Waals surface area contributed by atoms with Crippen molar-refractivity contribution in [3.05, 3.63) is 10.6 Å². The molecule has 1 aromatic heterocycles. The van der Waals surface area contributed by atoms with Crippen molar-refractivity contribution in [3.63, 3.8) is 0 Å². The van der Waals surface area contributed by atoms with Gasteiger partial charge in [-0.3, -0.25) is 9.59 Å². The minimum Gasteiger partial charge on any atom is -0.391 e. The molecule has 2 N–H and O–H groups in total. The van der Waals surface area contributed by atoms with Crippen molar-refractivity contribution < 1.29 is 14.7 Å². The highest BCUT2D eigenvalue weighted by molar-refractivity contribution is 7.08. The van der Waals surface area contributed by atoms with E-state index in [0.717, 1.165) is 11.5 Å². The standard InChI is InChI=1S/C13H20N4O3S/c1-3-9-12(21-16-15-9)13(20)17-6-4-10(14-8(2)18)11(19)5-7-17/h10-11,19H,3-7H2,1-2H3,(H,14,18)/t10-,11-/m0/s1. The van der Waals surface area contributed by atoms with Crippen molar-refractivity contribution in [2.24, 2.45) is 0 Å². The lowest BCUT2D eigenvalue weighted by molar-refractivity contribution is -0.120. The van der Waals surface area contributed by atoms with Gasteiger partial charge in [-0.2, -0.15) is 0 Å². The molecule has 1 aliphatic heterocycles. The average molecular weight is 312 g/mol. The maximum atomic E-state index is 12.5. The molecule has 0 saturated carbocycles. The minimum atomic E-state index is -0.628. The molecule has 0 unspecified atom stereocenters. The Morgan fingerprint density at radius 1 is 1.43 bits per heavy atom. The van der Waals surface area contributed by atoms with Gasteiger partial charge in [-0.1, -0.05) is 11.4 Å². The Kier molecular flexibility index (Phi) is 5.24. The number of aryl methyl sites for hydroxylation is 1. The number of hydrogen-bond acceptors (Lipinski definition) is 6. The summed E-state index contributed by atoms with van der Waals surface area (Å²) in [6.07, 6.45) is 1.03. The monoisotopic (exact) mass is 312 g/mol. The minimum absolute atomic E-state index is 0.0856. The normalized spacial score (nSPS) is 22.7. The predicted molar refractivity (Wildman–Crippen MR) is 78.0 cm³/mol. The number of nitrogens with one attached hydrogen (secondary N) is 1. The number of amides is 2. The zero-order valence-corrected chi connectivity index (χ0v) is 13.0. The van der Waals surface area contributed by atoms with Crippen LogP contribution in [0.1, 0.15) is 42.1 Å². The van der Waals surface area contributed by atoms with Gasteiger partial charge >= 0.3 is 0 Å². The van der Waals surface area contributed by atoms with Gasteiger partial charge in [-0.05, 0) is 30.8 Å². The first-order valence-electron chi connectivity index (χ1n) is 7.08. The molecule has 21 heavy (non-hydrogen) atoms. The number of aliphatic hydroxyl groups is 1. The lowest BCUT2D eigenvalue weighted by Crippen LogP contribution is -2.42. The van der Waals surface area contributed by atoms with E-state index in [-0.39, 0.29) is 17.9 Å². The second kappa shape index (κ2) is 6.95. The number of aromatic nitrogens is 2. The lowest BCUT2D eigenvalue weighted by atomic mass is 10.1. The van der Waals surface area contributed by atoms with Gasteiger partial charge in [0.25, 0.3) is 5.91 Å². The van der Waals surface area contributed by atoms with Crippen LogP contribution in [0.5, 0.6) is 0 Å². The van der Waals surface area contributed by atoms with Crippen LogP contribution in [0.15, 0.2) is 0 Å². The molecule has 1 aromatic rings. The maximum Gasteiger partial charge on any atom is 0.267 e. The highest BCUT2D eigenvalue weighted by atomic mass is 32.1. The third-order valence-corrected chi connectivity index (χ3v) is 4.39. The molecule has 0 radical (unpaired) electrons. The molecule has 1 fully saturated rings. The molecule has 2 rings (SSSR count). The summed E-state index contributed by atoms with van der Waals surface area (Å²) < 4.78 is 3.84. The van der Waals surface area contributed by atoms with Crippen molar-refractivity contribution in [3.8, 4) is 0 Å². The summed E-state index contributed by atoms with van der Waals surface area (Å²) in [6.45, 7) is 4.34. The Balaban J connectivity index is 2.05. The first kappa shape index (κ1) is 15.8. The predicted octanol–water partition coefficient (Wildman–Crippen LogP) is 0.202. The highest BCUT2D eigenvalue weighted by Gasteiger charge is 2.29. The smallest absolute Gasteiger partial charge is 0.267 e. The van der Waals surface area contributed by atoms with Gasteiger partial charge in [-0.15, -0.1) is 5.10 Å². The Hall–Kier alpha value is -1.54. The zero-order valence-electron chi connectivity index (χ0n) is 12.2. The van der Waals surface area contributed by atoms with E-state index in [0.29, 0.717) is 42.9 Å². The van der Waals surface area contributed by atoms with E-state index in [4.69, 9.17) is 0 Å². The number of rotatable bonds is 3. The summed E-state index contributed by atoms with van der Waals surface area (Å²) >= 11 is 1.11. The highest BCUT2D eigenvalue weighted by Crippen LogP contribution is 2.18. The van der Waals surface area contributed by atoms with E-state index < -0.39 is 6.10 Å². The Bertz CT molecular complexity index is 519. The van der Waals surface area contributed by atoms with Gasteiger partial charge in [0.1, 0.15) is 4.88 Å². The molecule has 1 saturated heterocycles. The van der Waals surface area contributed by atoms with E-state index in [9.17, 15) is 14.7 Å². The van der Waals surface area contributed by atoms with Crippen LogP contribution in [-0.2, 0) is 11.2 Å². The lowest BCUT2D eigenvalue weighted by Gasteiger charge is -2.20. The van der Waals surface area contributed by atoms with Crippen molar-refractivity contribution >= 4 is 23.3 Å². The van der Waals surface area contributed by atoms with Crippen LogP contribution in [0.25, 0.3) is 0 Å². The molecule has 1 aliphatic rings. The Labute approximate surface area is 127 Å².